The van der Waals surface area contributed by atoms with Crippen molar-refractivity contribution in [2.75, 3.05) is 24.7 Å². The Morgan fingerprint density at radius 2 is 2.03 bits per heavy atom. The molecule has 33 heavy (non-hydrogen) atoms. The summed E-state index contributed by atoms with van der Waals surface area (Å²) >= 11 is 3.77. The van der Waals surface area contributed by atoms with Crippen LogP contribution in [0.2, 0.25) is 0 Å². The second kappa shape index (κ2) is 16.3. The van der Waals surface area contributed by atoms with Gasteiger partial charge in [-0.15, -0.1) is 11.3 Å². The predicted octanol–water partition coefficient (Wildman–Crippen LogP) is 7.35. The van der Waals surface area contributed by atoms with Gasteiger partial charge in [0.05, 0.1) is 24.2 Å². The first kappa shape index (κ1) is 29.6. The van der Waals surface area contributed by atoms with Crippen LogP contribution in [0.1, 0.15) is 49.9 Å². The standard InChI is InChI=1S/C23H32FNO5S3/c1-6-17(11-9-13-24)21(26)20-15-19(8-3)32-22(20)25-29-16-31-18(7-2)12-10-14-28-23(4,5)33-30-27/h6-7,9-12,15,25,27H,8,13-14,16H2,1-5H3/b11-9-,12-10-,17-6+,18-7+. The van der Waals surface area contributed by atoms with Crippen LogP contribution in [-0.4, -0.2) is 35.2 Å². The predicted molar refractivity (Wildman–Crippen MR) is 138 cm³/mol. The Bertz CT molecular complexity index is 862. The van der Waals surface area contributed by atoms with Crippen molar-refractivity contribution in [2.45, 2.75) is 46.0 Å². The number of ether oxygens (including phenoxy) is 1. The smallest absolute Gasteiger partial charge is 0.195 e. The molecule has 0 saturated heterocycles. The fraction of sp³-hybridized carbons (Fsp3) is 0.435. The van der Waals surface area contributed by atoms with Crippen LogP contribution < -0.4 is 5.48 Å². The molecule has 0 unspecified atom stereocenters. The van der Waals surface area contributed by atoms with E-state index in [1.165, 1.54) is 35.3 Å². The van der Waals surface area contributed by atoms with Crippen molar-refractivity contribution in [3.63, 3.8) is 0 Å². The summed E-state index contributed by atoms with van der Waals surface area (Å²) in [6.07, 6.45) is 11.0. The number of rotatable bonds is 16. The van der Waals surface area contributed by atoms with Gasteiger partial charge in [-0.25, -0.2) is 9.65 Å². The number of Topliss-reactive ketones (excluding diaryl/α,β-unsaturated/α-hetero) is 1. The number of hydrogen-bond acceptors (Lipinski definition) is 9. The molecule has 0 aliphatic carbocycles. The second-order valence-electron chi connectivity index (χ2n) is 6.91. The topological polar surface area (TPSA) is 77.0 Å². The first-order valence-electron chi connectivity index (χ1n) is 10.3. The van der Waals surface area contributed by atoms with E-state index in [1.807, 2.05) is 38.1 Å². The monoisotopic (exact) mass is 517 g/mol. The molecule has 0 spiro atoms. The summed E-state index contributed by atoms with van der Waals surface area (Å²) in [7, 11) is 0. The van der Waals surface area contributed by atoms with E-state index in [0.717, 1.165) is 28.2 Å². The molecule has 0 amide bonds. The molecule has 1 rings (SSSR count). The highest BCUT2D eigenvalue weighted by molar-refractivity contribution is 8.03. The van der Waals surface area contributed by atoms with Crippen molar-refractivity contribution >= 4 is 45.9 Å². The van der Waals surface area contributed by atoms with Gasteiger partial charge in [-0.05, 0) is 40.2 Å². The van der Waals surface area contributed by atoms with Gasteiger partial charge in [-0.3, -0.25) is 15.1 Å². The van der Waals surface area contributed by atoms with Crippen LogP contribution in [0.15, 0.2) is 53.0 Å². The average molecular weight is 518 g/mol. The first-order chi connectivity index (χ1) is 15.8. The van der Waals surface area contributed by atoms with Gasteiger partial charge < -0.3 is 4.74 Å². The van der Waals surface area contributed by atoms with Crippen molar-refractivity contribution in [1.29, 1.82) is 0 Å². The molecule has 2 N–H and O–H groups in total. The van der Waals surface area contributed by atoms with E-state index in [2.05, 4.69) is 9.81 Å². The van der Waals surface area contributed by atoms with Crippen LogP contribution in [0, 0.1) is 0 Å². The highest BCUT2D eigenvalue weighted by atomic mass is 32.2. The average Bonchev–Trinajstić information content (AvgIpc) is 3.21. The Labute approximate surface area is 208 Å². The van der Waals surface area contributed by atoms with Crippen LogP contribution in [0.5, 0.6) is 0 Å². The van der Waals surface area contributed by atoms with Crippen LogP contribution in [0.4, 0.5) is 9.39 Å². The molecular formula is C23H32FNO5S3. The minimum atomic E-state index is -0.670. The number of thioether (sulfide) groups is 1. The molecule has 1 heterocycles. The summed E-state index contributed by atoms with van der Waals surface area (Å²) < 4.78 is 22.1. The number of hydrogen-bond donors (Lipinski definition) is 2. The molecule has 1 aromatic heterocycles. The third-order valence-electron chi connectivity index (χ3n) is 4.12. The number of alkyl halides is 1. The van der Waals surface area contributed by atoms with Gasteiger partial charge in [-0.2, -0.15) is 4.33 Å². The van der Waals surface area contributed by atoms with E-state index in [1.54, 1.807) is 26.8 Å². The SMILES string of the molecule is C/C=C(\C=C/COC(C)(C)SOO)SCONc1sc(CC)cc1C(=O)C(/C=C\CF)=C/C. The van der Waals surface area contributed by atoms with Gasteiger partial charge in [0.15, 0.2) is 5.78 Å². The van der Waals surface area contributed by atoms with Crippen molar-refractivity contribution < 1.29 is 28.4 Å². The molecule has 184 valence electrons. The number of halogens is 1. The van der Waals surface area contributed by atoms with E-state index in [9.17, 15) is 9.18 Å². The molecule has 0 fully saturated rings. The van der Waals surface area contributed by atoms with E-state index < -0.39 is 11.6 Å². The number of ketones is 1. The molecule has 0 bridgehead atoms. The summed E-state index contributed by atoms with van der Waals surface area (Å²) in [5, 5.41) is 9.15. The van der Waals surface area contributed by atoms with Crippen molar-refractivity contribution in [3.8, 4) is 0 Å². The summed E-state index contributed by atoms with van der Waals surface area (Å²) in [5.41, 5.74) is 3.84. The zero-order valence-corrected chi connectivity index (χ0v) is 22.0. The zero-order valence-electron chi connectivity index (χ0n) is 19.6. The lowest BCUT2D eigenvalue weighted by atomic mass is 10.0. The van der Waals surface area contributed by atoms with Gasteiger partial charge in [0.1, 0.15) is 22.5 Å². The number of nitrogens with one attached hydrogen (secondary N) is 1. The minimum Gasteiger partial charge on any atom is -0.358 e. The molecule has 0 saturated carbocycles. The number of thiophene rings is 1. The Balaban J connectivity index is 2.65. The quantitative estimate of drug-likeness (QED) is 0.0344. The number of allylic oxidation sites excluding steroid dienone is 6. The van der Waals surface area contributed by atoms with Crippen LogP contribution in [0.25, 0.3) is 0 Å². The number of anilines is 1. The lowest BCUT2D eigenvalue weighted by Crippen LogP contribution is -2.19. The third-order valence-corrected chi connectivity index (χ3v) is 6.83. The van der Waals surface area contributed by atoms with E-state index in [4.69, 9.17) is 14.8 Å². The van der Waals surface area contributed by atoms with Crippen LogP contribution >= 0.6 is 35.1 Å². The third kappa shape index (κ3) is 11.0. The molecule has 0 aliphatic rings. The Morgan fingerprint density at radius 1 is 1.27 bits per heavy atom. The maximum absolute atomic E-state index is 12.9. The molecule has 0 radical (unpaired) electrons. The fourth-order valence-electron chi connectivity index (χ4n) is 2.44. The Morgan fingerprint density at radius 3 is 2.64 bits per heavy atom. The van der Waals surface area contributed by atoms with Gasteiger partial charge in [0.2, 0.25) is 0 Å². The zero-order chi connectivity index (χ0) is 24.7. The van der Waals surface area contributed by atoms with Crippen molar-refractivity contribution in [3.05, 3.63) is 63.4 Å². The molecule has 0 aromatic carbocycles. The van der Waals surface area contributed by atoms with Gasteiger partial charge in [0, 0.05) is 15.4 Å². The number of aryl methyl sites for hydroxylation is 1. The fourth-order valence-corrected chi connectivity index (χ4v) is 4.29. The van der Waals surface area contributed by atoms with E-state index in [-0.39, 0.29) is 5.78 Å². The largest absolute Gasteiger partial charge is 0.358 e. The molecule has 1 aromatic rings. The molecule has 0 atom stereocenters. The van der Waals surface area contributed by atoms with Gasteiger partial charge in [0.25, 0.3) is 0 Å². The highest BCUT2D eigenvalue weighted by Crippen LogP contribution is 2.31. The van der Waals surface area contributed by atoms with Crippen molar-refractivity contribution in [1.82, 2.24) is 0 Å². The maximum Gasteiger partial charge on any atom is 0.195 e. The molecular weight excluding hydrogens is 485 g/mol. The van der Waals surface area contributed by atoms with Gasteiger partial charge >= 0.3 is 0 Å². The van der Waals surface area contributed by atoms with Crippen LogP contribution in [-0.2, 0) is 20.3 Å². The molecule has 6 nitrogen and oxygen atoms in total. The Hall–Kier alpha value is -1.40. The number of carbonyl (C=O) groups is 1. The lowest BCUT2D eigenvalue weighted by Gasteiger charge is -2.20. The summed E-state index contributed by atoms with van der Waals surface area (Å²) in [5.74, 6) is 0.136. The van der Waals surface area contributed by atoms with E-state index >= 15 is 0 Å². The minimum absolute atomic E-state index is 0.179. The number of carbonyl (C=O) groups excluding carboxylic acids is 1. The lowest BCUT2D eigenvalue weighted by molar-refractivity contribution is -0.123. The summed E-state index contributed by atoms with van der Waals surface area (Å²) in [4.78, 5) is 19.9. The Kier molecular flexibility index (Phi) is 14.6. The normalized spacial score (nSPS) is 13.4. The first-order valence-corrected chi connectivity index (χ1v) is 12.9. The van der Waals surface area contributed by atoms with Crippen molar-refractivity contribution in [2.24, 2.45) is 0 Å². The highest BCUT2D eigenvalue weighted by Gasteiger charge is 2.20. The summed E-state index contributed by atoms with van der Waals surface area (Å²) in [6.45, 7) is 9.00. The summed E-state index contributed by atoms with van der Waals surface area (Å²) in [6, 6.07) is 1.85. The van der Waals surface area contributed by atoms with Gasteiger partial charge in [-0.1, -0.05) is 55.1 Å². The van der Waals surface area contributed by atoms with Crippen LogP contribution in [0.3, 0.4) is 0 Å². The molecule has 0 aliphatic heterocycles. The molecule has 10 heteroatoms. The maximum atomic E-state index is 12.9. The van der Waals surface area contributed by atoms with E-state index in [0.29, 0.717) is 28.7 Å². The second-order valence-corrected chi connectivity index (χ2v) is 10.3.